The molecular formula is C13H14ClN3O2. The highest BCUT2D eigenvalue weighted by molar-refractivity contribution is 6.30. The lowest BCUT2D eigenvalue weighted by molar-refractivity contribution is 0.104. The average molecular weight is 280 g/mol. The molecule has 1 aliphatic rings. The maximum atomic E-state index is 9.40. The van der Waals surface area contributed by atoms with Gasteiger partial charge in [0.1, 0.15) is 11.8 Å². The van der Waals surface area contributed by atoms with Crippen molar-refractivity contribution in [3.63, 3.8) is 0 Å². The standard InChI is InChI=1S/C13H14ClN3O2/c14-9-3-1-4-10(7-9)17-13(11(8-18)15-16-17)12-5-2-6-19-12/h1,3-4,7,12,18H,2,5-6,8H2. The minimum atomic E-state index is -0.143. The molecule has 1 atom stereocenters. The Kier molecular flexibility index (Phi) is 3.50. The van der Waals surface area contributed by atoms with Crippen molar-refractivity contribution >= 4 is 11.6 Å². The third kappa shape index (κ3) is 2.36. The molecule has 19 heavy (non-hydrogen) atoms. The molecule has 1 N–H and O–H groups in total. The first-order chi connectivity index (χ1) is 9.29. The summed E-state index contributed by atoms with van der Waals surface area (Å²) in [4.78, 5) is 0. The summed E-state index contributed by atoms with van der Waals surface area (Å²) in [6, 6.07) is 7.38. The van der Waals surface area contributed by atoms with E-state index >= 15 is 0 Å². The summed E-state index contributed by atoms with van der Waals surface area (Å²) in [7, 11) is 0. The molecule has 0 radical (unpaired) electrons. The van der Waals surface area contributed by atoms with E-state index in [1.807, 2.05) is 18.2 Å². The van der Waals surface area contributed by atoms with Crippen LogP contribution >= 0.6 is 11.6 Å². The van der Waals surface area contributed by atoms with E-state index in [1.165, 1.54) is 0 Å². The van der Waals surface area contributed by atoms with Crippen LogP contribution in [0.2, 0.25) is 5.02 Å². The SMILES string of the molecule is OCc1nnn(-c2cccc(Cl)c2)c1C1CCCO1. The van der Waals surface area contributed by atoms with Crippen LogP contribution in [0.25, 0.3) is 5.69 Å². The predicted octanol–water partition coefficient (Wildman–Crippen LogP) is 2.26. The van der Waals surface area contributed by atoms with Gasteiger partial charge >= 0.3 is 0 Å². The van der Waals surface area contributed by atoms with E-state index in [0.29, 0.717) is 10.7 Å². The Labute approximate surface area is 115 Å². The van der Waals surface area contributed by atoms with Gasteiger partial charge in [0.25, 0.3) is 0 Å². The lowest BCUT2D eigenvalue weighted by Crippen LogP contribution is -2.09. The molecule has 2 heterocycles. The van der Waals surface area contributed by atoms with E-state index in [0.717, 1.165) is 30.8 Å². The summed E-state index contributed by atoms with van der Waals surface area (Å²) < 4.78 is 7.39. The largest absolute Gasteiger partial charge is 0.390 e. The Hall–Kier alpha value is -1.43. The van der Waals surface area contributed by atoms with E-state index in [1.54, 1.807) is 10.7 Å². The molecule has 3 rings (SSSR count). The van der Waals surface area contributed by atoms with E-state index in [9.17, 15) is 5.11 Å². The molecule has 0 saturated carbocycles. The summed E-state index contributed by atoms with van der Waals surface area (Å²) in [5, 5.41) is 18.2. The van der Waals surface area contributed by atoms with E-state index in [2.05, 4.69) is 10.3 Å². The van der Waals surface area contributed by atoms with Crippen molar-refractivity contribution in [3.05, 3.63) is 40.7 Å². The number of aliphatic hydroxyl groups is 1. The zero-order chi connectivity index (χ0) is 13.2. The highest BCUT2D eigenvalue weighted by Crippen LogP contribution is 2.31. The number of aliphatic hydroxyl groups excluding tert-OH is 1. The van der Waals surface area contributed by atoms with Gasteiger partial charge in [-0.2, -0.15) is 0 Å². The third-order valence-corrected chi connectivity index (χ3v) is 3.45. The molecule has 5 nitrogen and oxygen atoms in total. The van der Waals surface area contributed by atoms with Crippen LogP contribution in [-0.2, 0) is 11.3 Å². The molecule has 0 bridgehead atoms. The lowest BCUT2D eigenvalue weighted by atomic mass is 10.1. The Morgan fingerprint density at radius 3 is 3.05 bits per heavy atom. The van der Waals surface area contributed by atoms with Gasteiger partial charge in [0, 0.05) is 11.6 Å². The highest BCUT2D eigenvalue weighted by Gasteiger charge is 2.26. The summed E-state index contributed by atoms with van der Waals surface area (Å²) in [6.07, 6.45) is 1.87. The number of rotatable bonds is 3. The maximum absolute atomic E-state index is 9.40. The molecule has 1 aromatic heterocycles. The van der Waals surface area contributed by atoms with Crippen molar-refractivity contribution in [2.45, 2.75) is 25.6 Å². The van der Waals surface area contributed by atoms with Crippen LogP contribution in [-0.4, -0.2) is 26.7 Å². The van der Waals surface area contributed by atoms with Crippen LogP contribution in [0.3, 0.4) is 0 Å². The fourth-order valence-electron chi connectivity index (χ4n) is 2.35. The van der Waals surface area contributed by atoms with Gasteiger partial charge in [-0.15, -0.1) is 5.10 Å². The number of benzene rings is 1. The van der Waals surface area contributed by atoms with Gasteiger partial charge in [0.2, 0.25) is 0 Å². The van der Waals surface area contributed by atoms with Crippen LogP contribution in [0.1, 0.15) is 30.3 Å². The van der Waals surface area contributed by atoms with E-state index in [-0.39, 0.29) is 12.7 Å². The third-order valence-electron chi connectivity index (χ3n) is 3.22. The number of ether oxygens (including phenoxy) is 1. The van der Waals surface area contributed by atoms with Gasteiger partial charge in [0.15, 0.2) is 0 Å². The monoisotopic (exact) mass is 279 g/mol. The maximum Gasteiger partial charge on any atom is 0.114 e. The highest BCUT2D eigenvalue weighted by atomic mass is 35.5. The zero-order valence-electron chi connectivity index (χ0n) is 10.3. The number of hydrogen-bond acceptors (Lipinski definition) is 4. The van der Waals surface area contributed by atoms with Crippen molar-refractivity contribution in [3.8, 4) is 5.69 Å². The summed E-state index contributed by atoms with van der Waals surface area (Å²) in [6.45, 7) is 0.589. The Balaban J connectivity index is 2.08. The van der Waals surface area contributed by atoms with Crippen molar-refractivity contribution in [1.82, 2.24) is 15.0 Å². The first-order valence-electron chi connectivity index (χ1n) is 6.22. The summed E-state index contributed by atoms with van der Waals surface area (Å²) in [5.41, 5.74) is 2.21. The molecule has 0 spiro atoms. The Morgan fingerprint density at radius 2 is 2.37 bits per heavy atom. The van der Waals surface area contributed by atoms with Crippen molar-refractivity contribution in [2.24, 2.45) is 0 Å². The zero-order valence-corrected chi connectivity index (χ0v) is 11.0. The van der Waals surface area contributed by atoms with Gasteiger partial charge in [-0.25, -0.2) is 4.68 Å². The predicted molar refractivity (Wildman–Crippen MR) is 70.2 cm³/mol. The Morgan fingerprint density at radius 1 is 1.47 bits per heavy atom. The minimum Gasteiger partial charge on any atom is -0.390 e. The second-order valence-electron chi connectivity index (χ2n) is 4.47. The van der Waals surface area contributed by atoms with Crippen LogP contribution in [0.5, 0.6) is 0 Å². The van der Waals surface area contributed by atoms with Crippen LogP contribution in [0.15, 0.2) is 24.3 Å². The Bertz CT molecular complexity index is 579. The van der Waals surface area contributed by atoms with Gasteiger partial charge in [-0.05, 0) is 31.0 Å². The van der Waals surface area contributed by atoms with Gasteiger partial charge in [-0.3, -0.25) is 0 Å². The molecule has 100 valence electrons. The topological polar surface area (TPSA) is 60.2 Å². The lowest BCUT2D eigenvalue weighted by Gasteiger charge is -2.13. The minimum absolute atomic E-state index is 0.0591. The quantitative estimate of drug-likeness (QED) is 0.936. The fourth-order valence-corrected chi connectivity index (χ4v) is 2.53. The van der Waals surface area contributed by atoms with Gasteiger partial charge in [-0.1, -0.05) is 22.9 Å². The van der Waals surface area contributed by atoms with Crippen molar-refractivity contribution in [2.75, 3.05) is 6.61 Å². The number of nitrogens with zero attached hydrogens (tertiary/aromatic N) is 3. The summed E-state index contributed by atoms with van der Waals surface area (Å²) >= 11 is 6.01. The van der Waals surface area contributed by atoms with Gasteiger partial charge in [0.05, 0.1) is 18.0 Å². The molecule has 1 unspecified atom stereocenters. The first-order valence-corrected chi connectivity index (χ1v) is 6.60. The number of halogens is 1. The molecule has 1 saturated heterocycles. The molecule has 1 aromatic carbocycles. The molecule has 0 amide bonds. The normalized spacial score (nSPS) is 18.9. The molecule has 1 fully saturated rings. The summed E-state index contributed by atoms with van der Waals surface area (Å²) in [5.74, 6) is 0. The molecule has 2 aromatic rings. The van der Waals surface area contributed by atoms with Gasteiger partial charge < -0.3 is 9.84 Å². The fraction of sp³-hybridized carbons (Fsp3) is 0.385. The van der Waals surface area contributed by atoms with Crippen molar-refractivity contribution < 1.29 is 9.84 Å². The van der Waals surface area contributed by atoms with Crippen LogP contribution < -0.4 is 0 Å². The second kappa shape index (κ2) is 5.28. The molecular weight excluding hydrogens is 266 g/mol. The van der Waals surface area contributed by atoms with Crippen LogP contribution in [0.4, 0.5) is 0 Å². The number of aromatic nitrogens is 3. The average Bonchev–Trinajstić information content (AvgIpc) is 3.07. The van der Waals surface area contributed by atoms with Crippen LogP contribution in [0, 0.1) is 0 Å². The van der Waals surface area contributed by atoms with E-state index in [4.69, 9.17) is 16.3 Å². The molecule has 1 aliphatic heterocycles. The number of hydrogen-bond donors (Lipinski definition) is 1. The second-order valence-corrected chi connectivity index (χ2v) is 4.91. The smallest absolute Gasteiger partial charge is 0.114 e. The van der Waals surface area contributed by atoms with Crippen molar-refractivity contribution in [1.29, 1.82) is 0 Å². The first kappa shape index (κ1) is 12.6. The van der Waals surface area contributed by atoms with E-state index < -0.39 is 0 Å². The molecule has 0 aliphatic carbocycles. The molecule has 6 heteroatoms.